The fraction of sp³-hybridized carbons (Fsp3) is 0.538. The zero-order chi connectivity index (χ0) is 12.0. The van der Waals surface area contributed by atoms with Gasteiger partial charge in [0.1, 0.15) is 5.75 Å². The van der Waals surface area contributed by atoms with E-state index in [1.54, 1.807) is 0 Å². The van der Waals surface area contributed by atoms with Gasteiger partial charge in [0.05, 0.1) is 6.61 Å². The zero-order valence-electron chi connectivity index (χ0n) is 10.2. The quantitative estimate of drug-likeness (QED) is 0.862. The van der Waals surface area contributed by atoms with Crippen LogP contribution >= 0.6 is 15.9 Å². The summed E-state index contributed by atoms with van der Waals surface area (Å²) in [6.07, 6.45) is 1.15. The lowest BCUT2D eigenvalue weighted by atomic mass is 10.1. The van der Waals surface area contributed by atoms with E-state index in [1.165, 1.54) is 5.56 Å². The average Bonchev–Trinajstić information content (AvgIpc) is 2.30. The second kappa shape index (κ2) is 6.92. The van der Waals surface area contributed by atoms with Gasteiger partial charge in [-0.1, -0.05) is 36.2 Å². The molecule has 1 aromatic carbocycles. The molecule has 0 saturated heterocycles. The Bertz CT molecular complexity index is 328. The molecule has 2 nitrogen and oxygen atoms in total. The number of nitrogens with one attached hydrogen (secondary N) is 1. The van der Waals surface area contributed by atoms with Gasteiger partial charge in [0.25, 0.3) is 0 Å². The maximum Gasteiger partial charge on any atom is 0.119 e. The maximum atomic E-state index is 5.75. The van der Waals surface area contributed by atoms with E-state index in [4.69, 9.17) is 4.74 Å². The molecule has 0 radical (unpaired) electrons. The molecule has 0 aliphatic carbocycles. The van der Waals surface area contributed by atoms with E-state index in [1.807, 2.05) is 19.2 Å². The molecule has 0 aliphatic rings. The van der Waals surface area contributed by atoms with E-state index in [-0.39, 0.29) is 0 Å². The molecule has 1 unspecified atom stereocenters. The largest absolute Gasteiger partial charge is 0.493 e. The fourth-order valence-electron chi connectivity index (χ4n) is 1.32. The van der Waals surface area contributed by atoms with Crippen molar-refractivity contribution in [1.82, 2.24) is 5.32 Å². The van der Waals surface area contributed by atoms with Gasteiger partial charge < -0.3 is 10.1 Å². The van der Waals surface area contributed by atoms with Gasteiger partial charge in [0, 0.05) is 11.0 Å². The van der Waals surface area contributed by atoms with Crippen LogP contribution in [0.1, 0.15) is 25.8 Å². The summed E-state index contributed by atoms with van der Waals surface area (Å²) in [4.78, 5) is 0. The highest BCUT2D eigenvalue weighted by Gasteiger charge is 2.04. The molecule has 0 saturated carbocycles. The molecule has 0 heterocycles. The first-order chi connectivity index (χ1) is 7.67. The van der Waals surface area contributed by atoms with Crippen molar-refractivity contribution in [3.8, 4) is 5.75 Å². The molecule has 1 rings (SSSR count). The lowest BCUT2D eigenvalue weighted by Crippen LogP contribution is -2.09. The maximum absolute atomic E-state index is 5.75. The molecule has 1 aromatic rings. The van der Waals surface area contributed by atoms with E-state index in [9.17, 15) is 0 Å². The highest BCUT2D eigenvalue weighted by Crippen LogP contribution is 2.23. The van der Waals surface area contributed by atoms with Crippen molar-refractivity contribution in [1.29, 1.82) is 0 Å². The van der Waals surface area contributed by atoms with E-state index in [0.29, 0.717) is 5.92 Å². The van der Waals surface area contributed by atoms with Gasteiger partial charge in [-0.3, -0.25) is 0 Å². The molecule has 0 amide bonds. The Morgan fingerprint density at radius 1 is 1.44 bits per heavy atom. The normalized spacial score (nSPS) is 12.5. The third-order valence-electron chi connectivity index (χ3n) is 2.62. The van der Waals surface area contributed by atoms with Crippen LogP contribution in [0.3, 0.4) is 0 Å². The van der Waals surface area contributed by atoms with Crippen molar-refractivity contribution >= 4 is 15.9 Å². The van der Waals surface area contributed by atoms with Gasteiger partial charge in [-0.05, 0) is 36.7 Å². The lowest BCUT2D eigenvalue weighted by molar-refractivity contribution is 0.256. The Kier molecular flexibility index (Phi) is 5.85. The molecular formula is C13H20BrNO. The minimum Gasteiger partial charge on any atom is -0.493 e. The van der Waals surface area contributed by atoms with E-state index >= 15 is 0 Å². The number of benzene rings is 1. The van der Waals surface area contributed by atoms with Crippen LogP contribution in [0.25, 0.3) is 0 Å². The molecule has 1 N–H and O–H groups in total. The van der Waals surface area contributed by atoms with Crippen molar-refractivity contribution in [3.63, 3.8) is 0 Å². The molecule has 0 spiro atoms. The Labute approximate surface area is 107 Å². The Morgan fingerprint density at radius 2 is 2.19 bits per heavy atom. The minimum atomic E-state index is 0.608. The zero-order valence-corrected chi connectivity index (χ0v) is 11.8. The second-order valence-corrected chi connectivity index (χ2v) is 4.96. The van der Waals surface area contributed by atoms with Crippen LogP contribution in [0.15, 0.2) is 22.7 Å². The van der Waals surface area contributed by atoms with Crippen molar-refractivity contribution in [3.05, 3.63) is 28.2 Å². The lowest BCUT2D eigenvalue weighted by Gasteiger charge is -2.12. The van der Waals surface area contributed by atoms with E-state index in [0.717, 1.165) is 29.8 Å². The van der Waals surface area contributed by atoms with Crippen LogP contribution < -0.4 is 10.1 Å². The molecular weight excluding hydrogens is 266 g/mol. The van der Waals surface area contributed by atoms with Gasteiger partial charge >= 0.3 is 0 Å². The Morgan fingerprint density at radius 3 is 2.81 bits per heavy atom. The molecule has 0 aliphatic heterocycles. The first-order valence-electron chi connectivity index (χ1n) is 5.73. The Hall–Kier alpha value is -0.540. The second-order valence-electron chi connectivity index (χ2n) is 4.11. The first kappa shape index (κ1) is 13.5. The third kappa shape index (κ3) is 4.14. The van der Waals surface area contributed by atoms with Gasteiger partial charge in [-0.15, -0.1) is 0 Å². The van der Waals surface area contributed by atoms with Crippen molar-refractivity contribution < 1.29 is 4.74 Å². The molecule has 16 heavy (non-hydrogen) atoms. The van der Waals surface area contributed by atoms with Gasteiger partial charge in [-0.25, -0.2) is 0 Å². The van der Waals surface area contributed by atoms with Crippen LogP contribution in [0.5, 0.6) is 5.75 Å². The number of hydrogen-bond acceptors (Lipinski definition) is 2. The molecule has 90 valence electrons. The van der Waals surface area contributed by atoms with Gasteiger partial charge in [0.2, 0.25) is 0 Å². The van der Waals surface area contributed by atoms with Crippen molar-refractivity contribution in [2.24, 2.45) is 5.92 Å². The summed E-state index contributed by atoms with van der Waals surface area (Å²) in [6.45, 7) is 6.02. The predicted molar refractivity (Wildman–Crippen MR) is 71.9 cm³/mol. The first-order valence-corrected chi connectivity index (χ1v) is 6.52. The molecule has 1 atom stereocenters. The minimum absolute atomic E-state index is 0.608. The van der Waals surface area contributed by atoms with Gasteiger partial charge in [0.15, 0.2) is 0 Å². The SMILES string of the molecule is CCC(C)COc1ccc(Br)c(CNC)c1. The van der Waals surface area contributed by atoms with Crippen LogP contribution in [0.4, 0.5) is 0 Å². The van der Waals surface area contributed by atoms with Crippen LogP contribution in [0.2, 0.25) is 0 Å². The molecule has 0 aromatic heterocycles. The number of hydrogen-bond donors (Lipinski definition) is 1. The van der Waals surface area contributed by atoms with Crippen LogP contribution in [-0.2, 0) is 6.54 Å². The van der Waals surface area contributed by atoms with E-state index in [2.05, 4.69) is 41.2 Å². The summed E-state index contributed by atoms with van der Waals surface area (Å²) in [5.74, 6) is 1.56. The number of rotatable bonds is 6. The highest BCUT2D eigenvalue weighted by molar-refractivity contribution is 9.10. The summed E-state index contributed by atoms with van der Waals surface area (Å²) < 4.78 is 6.87. The Balaban J connectivity index is 2.63. The monoisotopic (exact) mass is 285 g/mol. The summed E-state index contributed by atoms with van der Waals surface area (Å²) in [6, 6.07) is 6.13. The topological polar surface area (TPSA) is 21.3 Å². The predicted octanol–water partition coefficient (Wildman–Crippen LogP) is 3.59. The highest BCUT2D eigenvalue weighted by atomic mass is 79.9. The van der Waals surface area contributed by atoms with Crippen molar-refractivity contribution in [2.45, 2.75) is 26.8 Å². The summed E-state index contributed by atoms with van der Waals surface area (Å²) in [5.41, 5.74) is 1.23. The van der Waals surface area contributed by atoms with Crippen molar-refractivity contribution in [2.75, 3.05) is 13.7 Å². The molecule has 0 fully saturated rings. The third-order valence-corrected chi connectivity index (χ3v) is 3.39. The number of ether oxygens (including phenoxy) is 1. The van der Waals surface area contributed by atoms with Crippen LogP contribution in [-0.4, -0.2) is 13.7 Å². The standard InChI is InChI=1S/C13H20BrNO/c1-4-10(2)9-16-12-5-6-13(14)11(7-12)8-15-3/h5-7,10,15H,4,8-9H2,1-3H3. The summed E-state index contributed by atoms with van der Waals surface area (Å²) in [5, 5.41) is 3.14. The van der Waals surface area contributed by atoms with Crippen LogP contribution in [0, 0.1) is 5.92 Å². The smallest absolute Gasteiger partial charge is 0.119 e. The molecule has 0 bridgehead atoms. The fourth-order valence-corrected chi connectivity index (χ4v) is 1.71. The summed E-state index contributed by atoms with van der Waals surface area (Å²) in [7, 11) is 1.94. The average molecular weight is 286 g/mol. The van der Waals surface area contributed by atoms with E-state index < -0.39 is 0 Å². The number of halogens is 1. The summed E-state index contributed by atoms with van der Waals surface area (Å²) >= 11 is 3.53. The molecule has 3 heteroatoms. The van der Waals surface area contributed by atoms with Gasteiger partial charge in [-0.2, -0.15) is 0 Å².